The van der Waals surface area contributed by atoms with Crippen LogP contribution in [0.4, 0.5) is 5.82 Å². The van der Waals surface area contributed by atoms with Crippen LogP contribution in [-0.2, 0) is 7.05 Å². The first-order valence-electron chi connectivity index (χ1n) is 7.63. The minimum Gasteiger partial charge on any atom is -0.353 e. The molecule has 0 spiro atoms. The van der Waals surface area contributed by atoms with Gasteiger partial charge in [0.25, 0.3) is 5.91 Å². The second-order valence-corrected chi connectivity index (χ2v) is 6.22. The molecular weight excluding hydrogens is 314 g/mol. The number of hydrogen-bond acceptors (Lipinski definition) is 4. The van der Waals surface area contributed by atoms with Gasteiger partial charge in [0.15, 0.2) is 0 Å². The molecule has 2 aromatic heterocycles. The van der Waals surface area contributed by atoms with Crippen LogP contribution >= 0.6 is 11.6 Å². The molecule has 1 saturated heterocycles. The van der Waals surface area contributed by atoms with E-state index in [4.69, 9.17) is 11.6 Å². The van der Waals surface area contributed by atoms with Gasteiger partial charge >= 0.3 is 0 Å². The average molecular weight is 334 g/mol. The van der Waals surface area contributed by atoms with Gasteiger partial charge in [-0.25, -0.2) is 4.98 Å². The molecule has 1 fully saturated rings. The van der Waals surface area contributed by atoms with Crippen LogP contribution in [0.3, 0.4) is 0 Å². The van der Waals surface area contributed by atoms with Gasteiger partial charge in [-0.3, -0.25) is 9.48 Å². The first-order chi connectivity index (χ1) is 11.0. The van der Waals surface area contributed by atoms with E-state index in [1.807, 2.05) is 37.9 Å². The molecule has 0 N–H and O–H groups in total. The van der Waals surface area contributed by atoms with Crippen molar-refractivity contribution in [2.45, 2.75) is 13.8 Å². The molecule has 0 saturated carbocycles. The molecule has 0 radical (unpaired) electrons. The average Bonchev–Trinajstić information content (AvgIpc) is 2.80. The summed E-state index contributed by atoms with van der Waals surface area (Å²) in [5.74, 6) is 0.965. The summed E-state index contributed by atoms with van der Waals surface area (Å²) in [5.41, 5.74) is 2.43. The SMILES string of the molecule is Cc1nn(C)c(C)c1C(=O)N1CCN(c2ccc(Cl)cn2)CC1. The molecule has 0 atom stereocenters. The first kappa shape index (κ1) is 15.8. The number of carbonyl (C=O) groups is 1. The summed E-state index contributed by atoms with van der Waals surface area (Å²) in [5, 5.41) is 4.96. The predicted octanol–water partition coefficient (Wildman–Crippen LogP) is 2.05. The summed E-state index contributed by atoms with van der Waals surface area (Å²) in [7, 11) is 1.86. The molecule has 7 heteroatoms. The number of amides is 1. The van der Waals surface area contributed by atoms with Gasteiger partial charge in [0.2, 0.25) is 0 Å². The van der Waals surface area contributed by atoms with Crippen LogP contribution in [0.25, 0.3) is 0 Å². The van der Waals surface area contributed by atoms with Crippen LogP contribution in [0.15, 0.2) is 18.3 Å². The molecule has 1 aliphatic rings. The van der Waals surface area contributed by atoms with Crippen molar-refractivity contribution in [1.29, 1.82) is 0 Å². The molecule has 2 aromatic rings. The number of rotatable bonds is 2. The molecule has 6 nitrogen and oxygen atoms in total. The van der Waals surface area contributed by atoms with Gasteiger partial charge in [-0.15, -0.1) is 0 Å². The summed E-state index contributed by atoms with van der Waals surface area (Å²) >= 11 is 5.87. The molecule has 3 heterocycles. The van der Waals surface area contributed by atoms with Crippen LogP contribution in [0.2, 0.25) is 5.02 Å². The first-order valence-corrected chi connectivity index (χ1v) is 8.01. The fourth-order valence-corrected chi connectivity index (χ4v) is 3.05. The third-order valence-corrected chi connectivity index (χ3v) is 4.55. The maximum absolute atomic E-state index is 12.8. The second-order valence-electron chi connectivity index (χ2n) is 5.78. The number of halogens is 1. The number of nitrogens with zero attached hydrogens (tertiary/aromatic N) is 5. The maximum atomic E-state index is 12.8. The van der Waals surface area contributed by atoms with Crippen molar-refractivity contribution >= 4 is 23.3 Å². The van der Waals surface area contributed by atoms with Gasteiger partial charge in [0, 0.05) is 45.1 Å². The van der Waals surface area contributed by atoms with Crippen molar-refractivity contribution in [1.82, 2.24) is 19.7 Å². The van der Waals surface area contributed by atoms with Crippen LogP contribution in [0.5, 0.6) is 0 Å². The van der Waals surface area contributed by atoms with E-state index in [1.54, 1.807) is 10.9 Å². The number of aryl methyl sites for hydroxylation is 2. The summed E-state index contributed by atoms with van der Waals surface area (Å²) in [6, 6.07) is 3.75. The zero-order valence-electron chi connectivity index (χ0n) is 13.6. The molecule has 3 rings (SSSR count). The van der Waals surface area contributed by atoms with Crippen molar-refractivity contribution in [3.8, 4) is 0 Å². The lowest BCUT2D eigenvalue weighted by Crippen LogP contribution is -2.49. The van der Waals surface area contributed by atoms with E-state index < -0.39 is 0 Å². The topological polar surface area (TPSA) is 54.3 Å². The number of anilines is 1. The molecule has 23 heavy (non-hydrogen) atoms. The van der Waals surface area contributed by atoms with E-state index in [-0.39, 0.29) is 5.91 Å². The van der Waals surface area contributed by atoms with Crippen LogP contribution in [0.1, 0.15) is 21.7 Å². The van der Waals surface area contributed by atoms with Gasteiger partial charge in [-0.05, 0) is 26.0 Å². The minimum absolute atomic E-state index is 0.0665. The lowest BCUT2D eigenvalue weighted by molar-refractivity contribution is 0.0745. The summed E-state index contributed by atoms with van der Waals surface area (Å²) in [4.78, 5) is 21.2. The van der Waals surface area contributed by atoms with Crippen LogP contribution in [0, 0.1) is 13.8 Å². The Morgan fingerprint density at radius 2 is 1.87 bits per heavy atom. The summed E-state index contributed by atoms with van der Waals surface area (Å²) < 4.78 is 1.76. The van der Waals surface area contributed by atoms with Gasteiger partial charge in [-0.2, -0.15) is 5.10 Å². The molecule has 1 aliphatic heterocycles. The lowest BCUT2D eigenvalue weighted by atomic mass is 10.1. The summed E-state index contributed by atoms with van der Waals surface area (Å²) in [6.07, 6.45) is 1.65. The molecular formula is C16H20ClN5O. The van der Waals surface area contributed by atoms with Gasteiger partial charge in [0.05, 0.1) is 16.3 Å². The molecule has 0 aromatic carbocycles. The van der Waals surface area contributed by atoms with Crippen molar-refractivity contribution in [2.75, 3.05) is 31.1 Å². The van der Waals surface area contributed by atoms with Gasteiger partial charge in [0.1, 0.15) is 5.82 Å². The van der Waals surface area contributed by atoms with Crippen molar-refractivity contribution in [3.05, 3.63) is 40.3 Å². The summed E-state index contributed by atoms with van der Waals surface area (Å²) in [6.45, 7) is 6.69. The predicted molar refractivity (Wildman–Crippen MR) is 90.0 cm³/mol. The Labute approximate surface area is 140 Å². The Morgan fingerprint density at radius 3 is 2.39 bits per heavy atom. The number of aromatic nitrogens is 3. The zero-order valence-corrected chi connectivity index (χ0v) is 14.3. The Morgan fingerprint density at radius 1 is 1.17 bits per heavy atom. The maximum Gasteiger partial charge on any atom is 0.257 e. The van der Waals surface area contributed by atoms with Crippen molar-refractivity contribution in [3.63, 3.8) is 0 Å². The standard InChI is InChI=1S/C16H20ClN5O/c1-11-15(12(2)20(3)19-11)16(23)22-8-6-21(7-9-22)14-5-4-13(17)10-18-14/h4-5,10H,6-9H2,1-3H3. The van der Waals surface area contributed by atoms with Crippen molar-refractivity contribution < 1.29 is 4.79 Å². The zero-order chi connectivity index (χ0) is 16.6. The number of hydrogen-bond donors (Lipinski definition) is 0. The number of pyridine rings is 1. The third-order valence-electron chi connectivity index (χ3n) is 4.33. The van der Waals surface area contributed by atoms with E-state index in [1.165, 1.54) is 0 Å². The van der Waals surface area contributed by atoms with Crippen LogP contribution in [-0.4, -0.2) is 51.8 Å². The Balaban J connectivity index is 1.69. The van der Waals surface area contributed by atoms with E-state index in [0.717, 1.165) is 35.9 Å². The van der Waals surface area contributed by atoms with Crippen molar-refractivity contribution in [2.24, 2.45) is 7.05 Å². The molecule has 1 amide bonds. The molecule has 0 bridgehead atoms. The highest BCUT2D eigenvalue weighted by Gasteiger charge is 2.26. The second kappa shape index (κ2) is 6.20. The normalized spacial score (nSPS) is 15.1. The van der Waals surface area contributed by atoms with E-state index in [0.29, 0.717) is 18.1 Å². The highest BCUT2D eigenvalue weighted by atomic mass is 35.5. The van der Waals surface area contributed by atoms with Crippen LogP contribution < -0.4 is 4.90 Å². The molecule has 0 aliphatic carbocycles. The highest BCUT2D eigenvalue weighted by molar-refractivity contribution is 6.30. The number of piperazine rings is 1. The van der Waals surface area contributed by atoms with Gasteiger partial charge in [-0.1, -0.05) is 11.6 Å². The van der Waals surface area contributed by atoms with E-state index in [9.17, 15) is 4.79 Å². The highest BCUT2D eigenvalue weighted by Crippen LogP contribution is 2.19. The van der Waals surface area contributed by atoms with E-state index in [2.05, 4.69) is 15.0 Å². The van der Waals surface area contributed by atoms with Gasteiger partial charge < -0.3 is 9.80 Å². The fraction of sp³-hybridized carbons (Fsp3) is 0.438. The number of carbonyl (C=O) groups excluding carboxylic acids is 1. The molecule has 0 unspecified atom stereocenters. The lowest BCUT2D eigenvalue weighted by Gasteiger charge is -2.35. The Hall–Kier alpha value is -2.08. The third kappa shape index (κ3) is 3.03. The monoisotopic (exact) mass is 333 g/mol. The Bertz CT molecular complexity index is 717. The quantitative estimate of drug-likeness (QED) is 0.844. The fourth-order valence-electron chi connectivity index (χ4n) is 2.93. The molecule has 122 valence electrons. The smallest absolute Gasteiger partial charge is 0.257 e. The minimum atomic E-state index is 0.0665. The Kier molecular flexibility index (Phi) is 4.26. The largest absolute Gasteiger partial charge is 0.353 e. The van der Waals surface area contributed by atoms with E-state index >= 15 is 0 Å².